The lowest BCUT2D eigenvalue weighted by atomic mass is 9.98. The SMILES string of the molecule is O=C(OCC1c2ccccc2-c2ccccc21)N1CCN[C@@H]2COC[C@@H]21. The lowest BCUT2D eigenvalue weighted by molar-refractivity contribution is 0.0679. The Labute approximate surface area is 152 Å². The minimum atomic E-state index is -0.228. The molecule has 2 fully saturated rings. The third-order valence-corrected chi connectivity index (χ3v) is 5.78. The Hall–Kier alpha value is -2.37. The maximum Gasteiger partial charge on any atom is 0.410 e. The molecular weight excluding hydrogens is 328 g/mol. The molecule has 1 aliphatic carbocycles. The predicted octanol–water partition coefficient (Wildman–Crippen LogP) is 2.61. The van der Waals surface area contributed by atoms with E-state index in [9.17, 15) is 4.79 Å². The predicted molar refractivity (Wildman–Crippen MR) is 98.2 cm³/mol. The van der Waals surface area contributed by atoms with Crippen LogP contribution in [0.2, 0.25) is 0 Å². The van der Waals surface area contributed by atoms with Gasteiger partial charge in [-0.3, -0.25) is 4.90 Å². The maximum absolute atomic E-state index is 12.7. The van der Waals surface area contributed by atoms with Crippen LogP contribution in [0, 0.1) is 0 Å². The number of hydrogen-bond acceptors (Lipinski definition) is 4. The first kappa shape index (κ1) is 15.9. The van der Waals surface area contributed by atoms with Crippen LogP contribution < -0.4 is 5.32 Å². The second kappa shape index (κ2) is 6.41. The van der Waals surface area contributed by atoms with Crippen LogP contribution >= 0.6 is 0 Å². The van der Waals surface area contributed by atoms with Crippen LogP contribution in [-0.4, -0.2) is 56.0 Å². The van der Waals surface area contributed by atoms with Gasteiger partial charge in [0.1, 0.15) is 6.61 Å². The van der Waals surface area contributed by atoms with E-state index in [4.69, 9.17) is 9.47 Å². The van der Waals surface area contributed by atoms with Crippen LogP contribution in [0.5, 0.6) is 0 Å². The van der Waals surface area contributed by atoms with Crippen molar-refractivity contribution in [3.63, 3.8) is 0 Å². The topological polar surface area (TPSA) is 50.8 Å². The van der Waals surface area contributed by atoms with Gasteiger partial charge in [0.05, 0.1) is 25.3 Å². The monoisotopic (exact) mass is 350 g/mol. The number of piperazine rings is 1. The van der Waals surface area contributed by atoms with Gasteiger partial charge in [0.25, 0.3) is 0 Å². The minimum absolute atomic E-state index is 0.0828. The highest BCUT2D eigenvalue weighted by molar-refractivity contribution is 5.79. The van der Waals surface area contributed by atoms with Gasteiger partial charge in [-0.25, -0.2) is 4.79 Å². The Morgan fingerprint density at radius 3 is 2.50 bits per heavy atom. The van der Waals surface area contributed by atoms with Crippen LogP contribution in [0.3, 0.4) is 0 Å². The summed E-state index contributed by atoms with van der Waals surface area (Å²) < 4.78 is 11.3. The van der Waals surface area contributed by atoms with Gasteiger partial charge in [0, 0.05) is 19.0 Å². The van der Waals surface area contributed by atoms with Crippen molar-refractivity contribution in [2.75, 3.05) is 32.9 Å². The van der Waals surface area contributed by atoms with Crippen molar-refractivity contribution in [3.8, 4) is 11.1 Å². The van der Waals surface area contributed by atoms with Crippen LogP contribution in [0.1, 0.15) is 17.0 Å². The lowest BCUT2D eigenvalue weighted by Crippen LogP contribution is -2.59. The zero-order valence-electron chi connectivity index (χ0n) is 14.6. The Morgan fingerprint density at radius 1 is 1.08 bits per heavy atom. The molecular formula is C21H22N2O3. The maximum atomic E-state index is 12.7. The second-order valence-electron chi connectivity index (χ2n) is 7.16. The van der Waals surface area contributed by atoms with Gasteiger partial charge in [-0.15, -0.1) is 0 Å². The van der Waals surface area contributed by atoms with Gasteiger partial charge in [0.2, 0.25) is 0 Å². The molecule has 0 bridgehead atoms. The molecule has 0 radical (unpaired) electrons. The molecule has 2 atom stereocenters. The van der Waals surface area contributed by atoms with Crippen molar-refractivity contribution in [1.82, 2.24) is 10.2 Å². The van der Waals surface area contributed by atoms with Gasteiger partial charge in [-0.1, -0.05) is 48.5 Å². The summed E-state index contributed by atoms with van der Waals surface area (Å²) in [4.78, 5) is 14.6. The molecule has 2 aliphatic heterocycles. The lowest BCUT2D eigenvalue weighted by Gasteiger charge is -2.36. The number of ether oxygens (including phenoxy) is 2. The molecule has 1 amide bonds. The molecule has 0 saturated carbocycles. The van der Waals surface area contributed by atoms with Crippen molar-refractivity contribution in [2.45, 2.75) is 18.0 Å². The molecule has 5 nitrogen and oxygen atoms in total. The summed E-state index contributed by atoms with van der Waals surface area (Å²) >= 11 is 0. The van der Waals surface area contributed by atoms with E-state index < -0.39 is 0 Å². The number of benzene rings is 2. The Bertz CT molecular complexity index is 792. The Balaban J connectivity index is 1.35. The fourth-order valence-electron chi connectivity index (χ4n) is 4.48. The average Bonchev–Trinajstić information content (AvgIpc) is 3.29. The quantitative estimate of drug-likeness (QED) is 0.905. The molecule has 0 aromatic heterocycles. The molecule has 2 saturated heterocycles. The molecule has 0 unspecified atom stereocenters. The average molecular weight is 350 g/mol. The zero-order valence-corrected chi connectivity index (χ0v) is 14.6. The highest BCUT2D eigenvalue weighted by Gasteiger charge is 2.39. The fourth-order valence-corrected chi connectivity index (χ4v) is 4.48. The van der Waals surface area contributed by atoms with Crippen molar-refractivity contribution < 1.29 is 14.3 Å². The summed E-state index contributed by atoms with van der Waals surface area (Å²) in [6.07, 6.45) is -0.228. The third kappa shape index (κ3) is 2.50. The molecule has 5 heteroatoms. The van der Waals surface area contributed by atoms with Gasteiger partial charge in [-0.05, 0) is 22.3 Å². The summed E-state index contributed by atoms with van der Waals surface area (Å²) in [5.41, 5.74) is 4.97. The standard InChI is InChI=1S/C21H22N2O3/c24-21(23-10-9-22-19-12-25-13-20(19)23)26-11-18-16-7-3-1-5-14(16)15-6-2-4-8-17(15)18/h1-8,18-20,22H,9-13H2/t19-,20+/m1/s1. The van der Waals surface area contributed by atoms with Crippen molar-refractivity contribution in [3.05, 3.63) is 59.7 Å². The number of fused-ring (bicyclic) bond motifs is 4. The molecule has 1 N–H and O–H groups in total. The van der Waals surface area contributed by atoms with Gasteiger partial charge >= 0.3 is 6.09 Å². The molecule has 134 valence electrons. The van der Waals surface area contributed by atoms with Crippen LogP contribution in [0.15, 0.2) is 48.5 Å². The van der Waals surface area contributed by atoms with E-state index in [1.807, 2.05) is 4.90 Å². The smallest absolute Gasteiger partial charge is 0.410 e. The number of hydrogen-bond donors (Lipinski definition) is 1. The Morgan fingerprint density at radius 2 is 1.77 bits per heavy atom. The van der Waals surface area contributed by atoms with Crippen LogP contribution in [-0.2, 0) is 9.47 Å². The second-order valence-corrected chi connectivity index (χ2v) is 7.16. The molecule has 2 heterocycles. The number of nitrogens with one attached hydrogen (secondary N) is 1. The van der Waals surface area contributed by atoms with Gasteiger partial charge < -0.3 is 14.8 Å². The molecule has 2 aromatic rings. The Kier molecular flexibility index (Phi) is 3.91. The van der Waals surface area contributed by atoms with E-state index in [0.29, 0.717) is 26.4 Å². The highest BCUT2D eigenvalue weighted by Crippen LogP contribution is 2.44. The van der Waals surface area contributed by atoms with Crippen molar-refractivity contribution >= 4 is 6.09 Å². The zero-order chi connectivity index (χ0) is 17.5. The van der Waals surface area contributed by atoms with E-state index in [-0.39, 0.29) is 24.1 Å². The normalized spacial score (nSPS) is 24.1. The first-order chi connectivity index (χ1) is 12.8. The van der Waals surface area contributed by atoms with Crippen LogP contribution in [0.4, 0.5) is 4.79 Å². The van der Waals surface area contributed by atoms with Gasteiger partial charge in [-0.2, -0.15) is 0 Å². The molecule has 3 aliphatic rings. The first-order valence-corrected chi connectivity index (χ1v) is 9.25. The third-order valence-electron chi connectivity index (χ3n) is 5.78. The molecule has 5 rings (SSSR count). The number of carbonyl (C=O) groups excluding carboxylic acids is 1. The van der Waals surface area contributed by atoms with Gasteiger partial charge in [0.15, 0.2) is 0 Å². The summed E-state index contributed by atoms with van der Waals surface area (Å²) in [7, 11) is 0. The van der Waals surface area contributed by atoms with E-state index in [0.717, 1.165) is 6.54 Å². The number of amides is 1. The highest BCUT2D eigenvalue weighted by atomic mass is 16.6. The van der Waals surface area contributed by atoms with E-state index in [2.05, 4.69) is 53.8 Å². The van der Waals surface area contributed by atoms with Crippen LogP contribution in [0.25, 0.3) is 11.1 Å². The van der Waals surface area contributed by atoms with E-state index >= 15 is 0 Å². The summed E-state index contributed by atoms with van der Waals surface area (Å²) in [5, 5.41) is 3.41. The van der Waals surface area contributed by atoms with E-state index in [1.54, 1.807) is 0 Å². The largest absolute Gasteiger partial charge is 0.448 e. The summed E-state index contributed by atoms with van der Waals surface area (Å²) in [5.74, 6) is 0.102. The molecule has 0 spiro atoms. The number of nitrogens with zero attached hydrogens (tertiary/aromatic N) is 1. The molecule has 2 aromatic carbocycles. The summed E-state index contributed by atoms with van der Waals surface area (Å²) in [6, 6.07) is 17.1. The first-order valence-electron chi connectivity index (χ1n) is 9.25. The van der Waals surface area contributed by atoms with Crippen molar-refractivity contribution in [1.29, 1.82) is 0 Å². The minimum Gasteiger partial charge on any atom is -0.448 e. The van der Waals surface area contributed by atoms with Crippen molar-refractivity contribution in [2.24, 2.45) is 0 Å². The molecule has 26 heavy (non-hydrogen) atoms. The number of carbonyl (C=O) groups is 1. The fraction of sp³-hybridized carbons (Fsp3) is 0.381. The summed E-state index contributed by atoms with van der Waals surface area (Å²) in [6.45, 7) is 3.07. The number of rotatable bonds is 2. The van der Waals surface area contributed by atoms with E-state index in [1.165, 1.54) is 22.3 Å².